The van der Waals surface area contributed by atoms with E-state index in [9.17, 15) is 13.2 Å². The lowest BCUT2D eigenvalue weighted by Gasteiger charge is -2.13. The number of aromatic nitrogens is 1. The number of aryl methyl sites for hydroxylation is 2. The first-order chi connectivity index (χ1) is 10.7. The van der Waals surface area contributed by atoms with Gasteiger partial charge in [-0.1, -0.05) is 0 Å². The zero-order valence-corrected chi connectivity index (χ0v) is 14.4. The summed E-state index contributed by atoms with van der Waals surface area (Å²) >= 11 is 0. The Bertz CT molecular complexity index is 931. The molecule has 1 unspecified atom stereocenters. The van der Waals surface area contributed by atoms with Gasteiger partial charge in [0.1, 0.15) is 11.9 Å². The molecule has 1 atom stereocenters. The van der Waals surface area contributed by atoms with Crippen molar-refractivity contribution in [3.63, 3.8) is 0 Å². The number of hydrogen-bond donors (Lipinski definition) is 0. The molecule has 0 fully saturated rings. The van der Waals surface area contributed by atoms with E-state index in [4.69, 9.17) is 4.74 Å². The van der Waals surface area contributed by atoms with Crippen LogP contribution in [-0.4, -0.2) is 25.3 Å². The number of hydrogen-bond acceptors (Lipinski definition) is 4. The standard InChI is InChI=1S/C17H19NO4S/c1-10-5-13(9-18(3)17(10)19)15-8-14(23(4,20)21)7-12-6-11(2)22-16(12)15/h5,7-9,11H,6H2,1-4H3. The summed E-state index contributed by atoms with van der Waals surface area (Å²) in [5.41, 5.74) is 2.92. The third-order valence-corrected chi connectivity index (χ3v) is 5.16. The fourth-order valence-electron chi connectivity index (χ4n) is 2.96. The lowest BCUT2D eigenvalue weighted by molar-refractivity contribution is 0.255. The molecule has 0 saturated carbocycles. The van der Waals surface area contributed by atoms with Crippen LogP contribution in [0.5, 0.6) is 5.75 Å². The van der Waals surface area contributed by atoms with Gasteiger partial charge in [0.15, 0.2) is 9.84 Å². The van der Waals surface area contributed by atoms with Crippen molar-refractivity contribution in [2.75, 3.05) is 6.26 Å². The average Bonchev–Trinajstić information content (AvgIpc) is 2.82. The second-order valence-electron chi connectivity index (χ2n) is 6.19. The topological polar surface area (TPSA) is 65.4 Å². The molecular formula is C17H19NO4S. The van der Waals surface area contributed by atoms with Crippen molar-refractivity contribution in [3.05, 3.63) is 45.9 Å². The molecule has 0 amide bonds. The summed E-state index contributed by atoms with van der Waals surface area (Å²) in [7, 11) is -1.64. The van der Waals surface area contributed by atoms with E-state index in [2.05, 4.69) is 0 Å². The Hall–Kier alpha value is -2.08. The van der Waals surface area contributed by atoms with Crippen LogP contribution in [0.1, 0.15) is 18.1 Å². The van der Waals surface area contributed by atoms with E-state index in [1.807, 2.05) is 6.92 Å². The van der Waals surface area contributed by atoms with Gasteiger partial charge in [0.25, 0.3) is 5.56 Å². The molecule has 122 valence electrons. The van der Waals surface area contributed by atoms with Gasteiger partial charge in [0, 0.05) is 42.6 Å². The molecule has 1 aromatic heterocycles. The summed E-state index contributed by atoms with van der Waals surface area (Å²) in [6, 6.07) is 5.09. The molecule has 1 aliphatic heterocycles. The number of nitrogens with zero attached hydrogens (tertiary/aromatic N) is 1. The van der Waals surface area contributed by atoms with Crippen LogP contribution in [-0.2, 0) is 23.3 Å². The molecule has 0 bridgehead atoms. The molecule has 2 aromatic rings. The molecule has 1 aliphatic rings. The van der Waals surface area contributed by atoms with Gasteiger partial charge in [-0.05, 0) is 37.6 Å². The molecule has 23 heavy (non-hydrogen) atoms. The van der Waals surface area contributed by atoms with Crippen molar-refractivity contribution in [1.82, 2.24) is 4.57 Å². The molecule has 2 heterocycles. The molecule has 6 heteroatoms. The van der Waals surface area contributed by atoms with Crippen molar-refractivity contribution >= 4 is 9.84 Å². The number of rotatable bonds is 2. The summed E-state index contributed by atoms with van der Waals surface area (Å²) in [5, 5.41) is 0. The van der Waals surface area contributed by atoms with Crippen LogP contribution in [0.4, 0.5) is 0 Å². The van der Waals surface area contributed by atoms with Crippen LogP contribution < -0.4 is 10.3 Å². The summed E-state index contributed by atoms with van der Waals surface area (Å²) in [6.45, 7) is 3.70. The number of ether oxygens (including phenoxy) is 1. The third kappa shape index (κ3) is 2.79. The summed E-state index contributed by atoms with van der Waals surface area (Å²) in [6.07, 6.45) is 3.59. The van der Waals surface area contributed by atoms with Crippen molar-refractivity contribution in [1.29, 1.82) is 0 Å². The highest BCUT2D eigenvalue weighted by Crippen LogP contribution is 2.40. The normalized spacial score (nSPS) is 17.0. The van der Waals surface area contributed by atoms with Gasteiger partial charge < -0.3 is 9.30 Å². The predicted molar refractivity (Wildman–Crippen MR) is 88.8 cm³/mol. The zero-order valence-electron chi connectivity index (χ0n) is 13.6. The first kappa shape index (κ1) is 15.8. The van der Waals surface area contributed by atoms with Gasteiger partial charge >= 0.3 is 0 Å². The SMILES string of the molecule is Cc1cc(-c2cc(S(C)(=O)=O)cc3c2OC(C)C3)cn(C)c1=O. The quantitative estimate of drug-likeness (QED) is 0.844. The second kappa shape index (κ2) is 5.23. The Morgan fingerprint density at radius 1 is 1.26 bits per heavy atom. The number of sulfone groups is 1. The first-order valence-electron chi connectivity index (χ1n) is 7.38. The molecule has 5 nitrogen and oxygen atoms in total. The molecule has 3 rings (SSSR count). The minimum atomic E-state index is -3.32. The van der Waals surface area contributed by atoms with Crippen molar-refractivity contribution in [2.45, 2.75) is 31.3 Å². The highest BCUT2D eigenvalue weighted by atomic mass is 32.2. The Kier molecular flexibility index (Phi) is 3.59. The van der Waals surface area contributed by atoms with E-state index >= 15 is 0 Å². The lowest BCUT2D eigenvalue weighted by atomic mass is 10.0. The molecule has 0 saturated heterocycles. The van der Waals surface area contributed by atoms with Crippen LogP contribution in [0.15, 0.2) is 34.1 Å². The largest absolute Gasteiger partial charge is 0.489 e. The third-order valence-electron chi connectivity index (χ3n) is 4.07. The van der Waals surface area contributed by atoms with Gasteiger partial charge in [-0.3, -0.25) is 4.79 Å². The predicted octanol–water partition coefficient (Wildman–Crippen LogP) is 2.09. The summed E-state index contributed by atoms with van der Waals surface area (Å²) in [5.74, 6) is 0.711. The smallest absolute Gasteiger partial charge is 0.253 e. The highest BCUT2D eigenvalue weighted by molar-refractivity contribution is 7.90. The number of pyridine rings is 1. The molecule has 0 spiro atoms. The van der Waals surface area contributed by atoms with Crippen molar-refractivity contribution < 1.29 is 13.2 Å². The van der Waals surface area contributed by atoms with Crippen LogP contribution in [0.2, 0.25) is 0 Å². The fourth-order valence-corrected chi connectivity index (χ4v) is 3.64. The minimum Gasteiger partial charge on any atom is -0.489 e. The van der Waals surface area contributed by atoms with E-state index in [1.54, 1.807) is 38.4 Å². The Balaban J connectivity index is 2.31. The number of fused-ring (bicyclic) bond motifs is 1. The second-order valence-corrected chi connectivity index (χ2v) is 8.21. The van der Waals surface area contributed by atoms with Crippen LogP contribution in [0.3, 0.4) is 0 Å². The maximum atomic E-state index is 12.0. The van der Waals surface area contributed by atoms with Gasteiger partial charge in [-0.2, -0.15) is 0 Å². The van der Waals surface area contributed by atoms with Gasteiger partial charge in [-0.25, -0.2) is 8.42 Å². The van der Waals surface area contributed by atoms with Crippen molar-refractivity contribution in [2.24, 2.45) is 7.05 Å². The molecular weight excluding hydrogens is 314 g/mol. The Morgan fingerprint density at radius 2 is 1.96 bits per heavy atom. The van der Waals surface area contributed by atoms with Gasteiger partial charge in [0.2, 0.25) is 0 Å². The van der Waals surface area contributed by atoms with Crippen LogP contribution >= 0.6 is 0 Å². The summed E-state index contributed by atoms with van der Waals surface area (Å²) in [4.78, 5) is 12.2. The number of benzene rings is 1. The van der Waals surface area contributed by atoms with Crippen molar-refractivity contribution in [3.8, 4) is 16.9 Å². The van der Waals surface area contributed by atoms with E-state index in [1.165, 1.54) is 10.8 Å². The summed E-state index contributed by atoms with van der Waals surface area (Å²) < 4.78 is 31.4. The maximum Gasteiger partial charge on any atom is 0.253 e. The van der Waals surface area contributed by atoms with Gasteiger partial charge in [-0.15, -0.1) is 0 Å². The van der Waals surface area contributed by atoms with Crippen LogP contribution in [0.25, 0.3) is 11.1 Å². The maximum absolute atomic E-state index is 12.0. The Labute approximate surface area is 135 Å². The van der Waals surface area contributed by atoms with E-state index < -0.39 is 9.84 Å². The molecule has 0 aliphatic carbocycles. The molecule has 1 aromatic carbocycles. The Morgan fingerprint density at radius 3 is 2.57 bits per heavy atom. The molecule has 0 radical (unpaired) electrons. The van der Waals surface area contributed by atoms with E-state index in [0.29, 0.717) is 23.3 Å². The minimum absolute atomic E-state index is 0.00666. The van der Waals surface area contributed by atoms with Crippen LogP contribution in [0, 0.1) is 6.92 Å². The highest BCUT2D eigenvalue weighted by Gasteiger charge is 2.26. The first-order valence-corrected chi connectivity index (χ1v) is 9.27. The van der Waals surface area contributed by atoms with Gasteiger partial charge in [0.05, 0.1) is 4.90 Å². The average molecular weight is 333 g/mol. The fraction of sp³-hybridized carbons (Fsp3) is 0.353. The monoisotopic (exact) mass is 333 g/mol. The van der Waals surface area contributed by atoms with E-state index in [-0.39, 0.29) is 16.6 Å². The van der Waals surface area contributed by atoms with E-state index in [0.717, 1.165) is 11.1 Å². The lowest BCUT2D eigenvalue weighted by Crippen LogP contribution is -2.18. The zero-order chi connectivity index (χ0) is 16.9. The molecule has 0 N–H and O–H groups in total.